The lowest BCUT2D eigenvalue weighted by molar-refractivity contribution is 0.0400. The SMILES string of the molecule is Clc1ccccc1[C@H]1N[C@@H]2c3ccccc3C[C@@H]2O1. The van der Waals surface area contributed by atoms with Gasteiger partial charge in [-0.3, -0.25) is 5.32 Å². The zero-order valence-corrected chi connectivity index (χ0v) is 11.1. The standard InChI is InChI=1S/C16H14ClNO/c17-13-8-4-3-7-12(13)16-18-15-11-6-2-1-5-10(11)9-14(15)19-16/h1-8,14-16,18H,9H2/t14-,15+,16-/m0/s1. The van der Waals surface area contributed by atoms with Crippen molar-refractivity contribution in [1.29, 1.82) is 0 Å². The highest BCUT2D eigenvalue weighted by molar-refractivity contribution is 6.31. The minimum Gasteiger partial charge on any atom is -0.353 e. The number of nitrogens with one attached hydrogen (secondary N) is 1. The molecule has 1 aliphatic carbocycles. The third kappa shape index (κ3) is 1.79. The van der Waals surface area contributed by atoms with Crippen LogP contribution in [0.25, 0.3) is 0 Å². The number of halogens is 1. The van der Waals surface area contributed by atoms with Crippen LogP contribution in [0.1, 0.15) is 29.0 Å². The van der Waals surface area contributed by atoms with E-state index in [-0.39, 0.29) is 18.4 Å². The molecule has 2 aromatic carbocycles. The molecule has 0 amide bonds. The third-order valence-electron chi connectivity index (χ3n) is 4.01. The van der Waals surface area contributed by atoms with Crippen molar-refractivity contribution in [3.8, 4) is 0 Å². The summed E-state index contributed by atoms with van der Waals surface area (Å²) < 4.78 is 6.14. The molecule has 19 heavy (non-hydrogen) atoms. The lowest BCUT2D eigenvalue weighted by Gasteiger charge is -2.15. The first-order valence-corrected chi connectivity index (χ1v) is 6.94. The average Bonchev–Trinajstić information content (AvgIpc) is 2.96. The van der Waals surface area contributed by atoms with E-state index in [1.54, 1.807) is 0 Å². The van der Waals surface area contributed by atoms with Gasteiger partial charge in [-0.1, -0.05) is 54.1 Å². The summed E-state index contributed by atoms with van der Waals surface area (Å²) in [6, 6.07) is 16.7. The largest absolute Gasteiger partial charge is 0.353 e. The first-order valence-electron chi connectivity index (χ1n) is 6.56. The molecule has 4 rings (SSSR count). The fourth-order valence-corrected chi connectivity index (χ4v) is 3.34. The molecule has 3 atom stereocenters. The van der Waals surface area contributed by atoms with Crippen LogP contribution in [-0.4, -0.2) is 6.10 Å². The number of ether oxygens (including phenoxy) is 1. The van der Waals surface area contributed by atoms with Gasteiger partial charge in [0.2, 0.25) is 0 Å². The second kappa shape index (κ2) is 4.34. The van der Waals surface area contributed by atoms with Crippen LogP contribution < -0.4 is 5.32 Å². The predicted molar refractivity (Wildman–Crippen MR) is 75.1 cm³/mol. The molecule has 1 fully saturated rings. The van der Waals surface area contributed by atoms with E-state index in [0.717, 1.165) is 17.0 Å². The molecule has 2 nitrogen and oxygen atoms in total. The summed E-state index contributed by atoms with van der Waals surface area (Å²) in [5, 5.41) is 4.32. The van der Waals surface area contributed by atoms with Crippen molar-refractivity contribution in [3.63, 3.8) is 0 Å². The molecule has 0 bridgehead atoms. The zero-order chi connectivity index (χ0) is 12.8. The number of fused-ring (bicyclic) bond motifs is 3. The number of benzene rings is 2. The van der Waals surface area contributed by atoms with E-state index >= 15 is 0 Å². The maximum absolute atomic E-state index is 6.24. The Morgan fingerprint density at radius 2 is 1.74 bits per heavy atom. The Labute approximate surface area is 117 Å². The molecule has 1 saturated heterocycles. The summed E-state index contributed by atoms with van der Waals surface area (Å²) in [5.74, 6) is 0. The van der Waals surface area contributed by atoms with Gasteiger partial charge in [0, 0.05) is 17.0 Å². The minimum absolute atomic E-state index is 0.0999. The lowest BCUT2D eigenvalue weighted by atomic mass is 10.1. The molecule has 0 spiro atoms. The highest BCUT2D eigenvalue weighted by Crippen LogP contribution is 2.42. The summed E-state index contributed by atoms with van der Waals surface area (Å²) in [5.41, 5.74) is 3.78. The fourth-order valence-electron chi connectivity index (χ4n) is 3.11. The monoisotopic (exact) mass is 271 g/mol. The topological polar surface area (TPSA) is 21.3 Å². The molecule has 2 aliphatic rings. The van der Waals surface area contributed by atoms with Gasteiger partial charge < -0.3 is 4.74 Å². The van der Waals surface area contributed by atoms with Crippen molar-refractivity contribution >= 4 is 11.6 Å². The molecule has 0 unspecified atom stereocenters. The Bertz CT molecular complexity index is 628. The van der Waals surface area contributed by atoms with E-state index < -0.39 is 0 Å². The van der Waals surface area contributed by atoms with Gasteiger partial charge in [-0.2, -0.15) is 0 Å². The molecule has 0 aromatic heterocycles. The van der Waals surface area contributed by atoms with Gasteiger partial charge in [0.1, 0.15) is 6.23 Å². The maximum atomic E-state index is 6.24. The Morgan fingerprint density at radius 3 is 2.58 bits per heavy atom. The zero-order valence-electron chi connectivity index (χ0n) is 10.3. The van der Waals surface area contributed by atoms with Gasteiger partial charge in [-0.25, -0.2) is 0 Å². The van der Waals surface area contributed by atoms with Crippen LogP contribution in [0, 0.1) is 0 Å². The molecule has 0 saturated carbocycles. The minimum atomic E-state index is -0.0999. The van der Waals surface area contributed by atoms with Gasteiger partial charge in [-0.05, 0) is 17.2 Å². The normalized spacial score (nSPS) is 28.2. The van der Waals surface area contributed by atoms with Crippen LogP contribution in [0.4, 0.5) is 0 Å². The first kappa shape index (κ1) is 11.5. The number of hydrogen-bond donors (Lipinski definition) is 1. The van der Waals surface area contributed by atoms with Gasteiger partial charge >= 0.3 is 0 Å². The Kier molecular flexibility index (Phi) is 2.62. The van der Waals surface area contributed by atoms with Crippen LogP contribution in [-0.2, 0) is 11.2 Å². The molecule has 1 N–H and O–H groups in total. The first-order chi connectivity index (χ1) is 9.33. The molecule has 96 valence electrons. The molecule has 1 heterocycles. The summed E-state index contributed by atoms with van der Waals surface area (Å²) in [4.78, 5) is 0. The van der Waals surface area contributed by atoms with Gasteiger partial charge in [0.05, 0.1) is 12.1 Å². The highest BCUT2D eigenvalue weighted by Gasteiger charge is 2.42. The fraction of sp³-hybridized carbons (Fsp3) is 0.250. The molecule has 2 aromatic rings. The van der Waals surface area contributed by atoms with E-state index in [2.05, 4.69) is 29.6 Å². The predicted octanol–water partition coefficient (Wildman–Crippen LogP) is 3.62. The average molecular weight is 272 g/mol. The highest BCUT2D eigenvalue weighted by atomic mass is 35.5. The van der Waals surface area contributed by atoms with Gasteiger partial charge in [-0.15, -0.1) is 0 Å². The van der Waals surface area contributed by atoms with Crippen molar-refractivity contribution in [2.45, 2.75) is 24.8 Å². The van der Waals surface area contributed by atoms with E-state index in [9.17, 15) is 0 Å². The van der Waals surface area contributed by atoms with Gasteiger partial charge in [0.15, 0.2) is 0 Å². The maximum Gasteiger partial charge on any atom is 0.136 e. The van der Waals surface area contributed by atoms with E-state index in [0.29, 0.717) is 0 Å². The second-order valence-corrected chi connectivity index (χ2v) is 5.53. The summed E-state index contributed by atoms with van der Waals surface area (Å²) in [6.45, 7) is 0. The smallest absolute Gasteiger partial charge is 0.136 e. The number of rotatable bonds is 1. The van der Waals surface area contributed by atoms with Crippen LogP contribution in [0.5, 0.6) is 0 Å². The molecule has 1 aliphatic heterocycles. The number of hydrogen-bond acceptors (Lipinski definition) is 2. The van der Waals surface area contributed by atoms with Gasteiger partial charge in [0.25, 0.3) is 0 Å². The van der Waals surface area contributed by atoms with Crippen LogP contribution in [0.15, 0.2) is 48.5 Å². The molecule has 3 heteroatoms. The van der Waals surface area contributed by atoms with Crippen molar-refractivity contribution in [2.75, 3.05) is 0 Å². The molecular weight excluding hydrogens is 258 g/mol. The van der Waals surface area contributed by atoms with Crippen LogP contribution in [0.2, 0.25) is 5.02 Å². The van der Waals surface area contributed by atoms with Crippen LogP contribution >= 0.6 is 11.6 Å². The molecule has 0 radical (unpaired) electrons. The van der Waals surface area contributed by atoms with Crippen molar-refractivity contribution in [3.05, 3.63) is 70.2 Å². The van der Waals surface area contributed by atoms with Crippen molar-refractivity contribution in [1.82, 2.24) is 5.32 Å². The van der Waals surface area contributed by atoms with E-state index in [4.69, 9.17) is 16.3 Å². The Balaban J connectivity index is 1.65. The molecular formula is C16H14ClNO. The lowest BCUT2D eigenvalue weighted by Crippen LogP contribution is -2.19. The summed E-state index contributed by atoms with van der Waals surface area (Å²) in [6.07, 6.45) is 1.10. The summed E-state index contributed by atoms with van der Waals surface area (Å²) in [7, 11) is 0. The Hall–Kier alpha value is -1.35. The quantitative estimate of drug-likeness (QED) is 0.855. The Morgan fingerprint density at radius 1 is 1.00 bits per heavy atom. The van der Waals surface area contributed by atoms with Crippen molar-refractivity contribution in [2.24, 2.45) is 0 Å². The van der Waals surface area contributed by atoms with E-state index in [1.807, 2.05) is 24.3 Å². The summed E-state index contributed by atoms with van der Waals surface area (Å²) >= 11 is 6.24. The second-order valence-electron chi connectivity index (χ2n) is 5.12. The van der Waals surface area contributed by atoms with Crippen molar-refractivity contribution < 1.29 is 4.74 Å². The van der Waals surface area contributed by atoms with E-state index in [1.165, 1.54) is 11.1 Å². The third-order valence-corrected chi connectivity index (χ3v) is 4.36. The van der Waals surface area contributed by atoms with Crippen LogP contribution in [0.3, 0.4) is 0 Å².